The minimum atomic E-state index is -1.07. The second-order valence-electron chi connectivity index (χ2n) is 11.2. The number of fused-ring (bicyclic) bond motifs is 2. The standard InChI is InChI=1S/C30H31N5O7/c1-15-19-13-20(17-9-11-34(12-10-17)16(2)36)22(14-24(19)33(3)30(41)42-15)31-21-6-4-5-18-26(21)29(40)35(28(18)39)23-7-8-25(37)32-27(23)38/h4-6,13-15,17,23,31H,7-12H2,1-3H3,(H,32,37,38)/t15?,23-/m0/s1. The third kappa shape index (κ3) is 4.47. The molecule has 2 N–H and O–H groups in total. The summed E-state index contributed by atoms with van der Waals surface area (Å²) in [7, 11) is 1.63. The molecule has 2 atom stereocenters. The van der Waals surface area contributed by atoms with Gasteiger partial charge in [-0.25, -0.2) is 4.79 Å². The zero-order valence-corrected chi connectivity index (χ0v) is 23.6. The molecule has 2 fully saturated rings. The molecule has 2 aromatic carbocycles. The van der Waals surface area contributed by atoms with Gasteiger partial charge in [0.1, 0.15) is 12.1 Å². The Morgan fingerprint density at radius 3 is 2.40 bits per heavy atom. The van der Waals surface area contributed by atoms with Crippen LogP contribution in [0, 0.1) is 0 Å². The van der Waals surface area contributed by atoms with Crippen LogP contribution in [0.15, 0.2) is 30.3 Å². The van der Waals surface area contributed by atoms with Gasteiger partial charge >= 0.3 is 6.09 Å². The van der Waals surface area contributed by atoms with E-state index in [0.717, 1.165) is 28.9 Å². The molecule has 2 saturated heterocycles. The van der Waals surface area contributed by atoms with Gasteiger partial charge in [-0.05, 0) is 61.9 Å². The van der Waals surface area contributed by atoms with E-state index in [1.54, 1.807) is 32.2 Å². The van der Waals surface area contributed by atoms with Gasteiger partial charge < -0.3 is 15.0 Å². The highest BCUT2D eigenvalue weighted by Crippen LogP contribution is 2.44. The number of carbonyl (C=O) groups is 6. The Hall–Kier alpha value is -4.74. The van der Waals surface area contributed by atoms with Crippen LogP contribution in [0.5, 0.6) is 0 Å². The van der Waals surface area contributed by atoms with Crippen LogP contribution < -0.4 is 15.5 Å². The van der Waals surface area contributed by atoms with Crippen molar-refractivity contribution in [3.63, 3.8) is 0 Å². The van der Waals surface area contributed by atoms with Crippen molar-refractivity contribution in [2.45, 2.75) is 57.6 Å². The summed E-state index contributed by atoms with van der Waals surface area (Å²) in [5.74, 6) is -2.20. The highest BCUT2D eigenvalue weighted by molar-refractivity contribution is 6.25. The molecule has 0 saturated carbocycles. The van der Waals surface area contributed by atoms with Crippen LogP contribution in [0.1, 0.15) is 83.4 Å². The average Bonchev–Trinajstić information content (AvgIpc) is 3.22. The van der Waals surface area contributed by atoms with Gasteiger partial charge in [-0.2, -0.15) is 0 Å². The number of benzene rings is 2. The first-order chi connectivity index (χ1) is 20.0. The molecule has 12 nitrogen and oxygen atoms in total. The van der Waals surface area contributed by atoms with Crippen molar-refractivity contribution in [2.24, 2.45) is 0 Å². The molecule has 4 aliphatic rings. The monoisotopic (exact) mass is 573 g/mol. The molecule has 0 radical (unpaired) electrons. The van der Waals surface area contributed by atoms with E-state index in [0.29, 0.717) is 30.2 Å². The number of likely N-dealkylation sites (tertiary alicyclic amines) is 1. The van der Waals surface area contributed by atoms with Gasteiger partial charge in [0.15, 0.2) is 0 Å². The number of imide groups is 2. The normalized spacial score (nSPS) is 22.5. The van der Waals surface area contributed by atoms with E-state index in [1.165, 1.54) is 4.90 Å². The lowest BCUT2D eigenvalue weighted by molar-refractivity contribution is -0.136. The fourth-order valence-corrected chi connectivity index (χ4v) is 6.35. The van der Waals surface area contributed by atoms with Crippen LogP contribution in [-0.2, 0) is 19.1 Å². The Morgan fingerprint density at radius 2 is 1.71 bits per heavy atom. The highest BCUT2D eigenvalue weighted by atomic mass is 16.6. The number of hydrogen-bond acceptors (Lipinski definition) is 8. The number of rotatable bonds is 4. The molecule has 0 aromatic heterocycles. The fraction of sp³-hybridized carbons (Fsp3) is 0.400. The predicted octanol–water partition coefficient (Wildman–Crippen LogP) is 3.20. The fourth-order valence-electron chi connectivity index (χ4n) is 6.35. The van der Waals surface area contributed by atoms with Gasteiger partial charge in [-0.3, -0.25) is 39.1 Å². The van der Waals surface area contributed by atoms with Crippen molar-refractivity contribution in [1.29, 1.82) is 0 Å². The third-order valence-corrected chi connectivity index (χ3v) is 8.67. The van der Waals surface area contributed by atoms with Crippen molar-refractivity contribution in [3.05, 3.63) is 52.6 Å². The van der Waals surface area contributed by atoms with E-state index in [-0.39, 0.29) is 35.8 Å². The summed E-state index contributed by atoms with van der Waals surface area (Å²) in [5.41, 5.74) is 3.81. The molecule has 42 heavy (non-hydrogen) atoms. The Bertz CT molecular complexity index is 1560. The van der Waals surface area contributed by atoms with Crippen molar-refractivity contribution >= 4 is 52.7 Å². The Kier molecular flexibility index (Phi) is 6.71. The molecule has 218 valence electrons. The maximum atomic E-state index is 13.7. The number of piperidine rings is 2. The van der Waals surface area contributed by atoms with Crippen molar-refractivity contribution in [1.82, 2.24) is 15.1 Å². The summed E-state index contributed by atoms with van der Waals surface area (Å²) in [6.07, 6.45) is 0.605. The number of carbonyl (C=O) groups excluding carboxylic acids is 6. The number of anilines is 3. The minimum absolute atomic E-state index is 0.0306. The number of amides is 6. The molecule has 2 aromatic rings. The summed E-state index contributed by atoms with van der Waals surface area (Å²) in [5, 5.41) is 5.60. The smallest absolute Gasteiger partial charge is 0.414 e. The maximum absolute atomic E-state index is 13.7. The number of ether oxygens (including phenoxy) is 1. The van der Waals surface area contributed by atoms with Crippen molar-refractivity contribution < 1.29 is 33.5 Å². The maximum Gasteiger partial charge on any atom is 0.414 e. The van der Waals surface area contributed by atoms with Crippen LogP contribution >= 0.6 is 0 Å². The summed E-state index contributed by atoms with van der Waals surface area (Å²) in [4.78, 5) is 79.9. The second-order valence-corrected chi connectivity index (χ2v) is 11.2. The van der Waals surface area contributed by atoms with Gasteiger partial charge in [0.25, 0.3) is 11.8 Å². The molecule has 1 unspecified atom stereocenters. The second kappa shape index (κ2) is 10.3. The Morgan fingerprint density at radius 1 is 0.976 bits per heavy atom. The van der Waals surface area contributed by atoms with E-state index in [4.69, 9.17) is 4.74 Å². The summed E-state index contributed by atoms with van der Waals surface area (Å²) in [6.45, 7) is 4.59. The molecule has 0 spiro atoms. The van der Waals surface area contributed by atoms with Crippen LogP contribution in [0.25, 0.3) is 0 Å². The average molecular weight is 574 g/mol. The van der Waals surface area contributed by atoms with Crippen molar-refractivity contribution in [2.75, 3.05) is 30.4 Å². The van der Waals surface area contributed by atoms with Crippen LogP contribution in [0.4, 0.5) is 21.9 Å². The van der Waals surface area contributed by atoms with Crippen LogP contribution in [0.3, 0.4) is 0 Å². The lowest BCUT2D eigenvalue weighted by atomic mass is 9.85. The first-order valence-corrected chi connectivity index (χ1v) is 14.0. The summed E-state index contributed by atoms with van der Waals surface area (Å²) in [6, 6.07) is 7.71. The topological polar surface area (TPSA) is 145 Å². The summed E-state index contributed by atoms with van der Waals surface area (Å²) >= 11 is 0. The predicted molar refractivity (Wildman–Crippen MR) is 150 cm³/mol. The summed E-state index contributed by atoms with van der Waals surface area (Å²) < 4.78 is 5.52. The molecular formula is C30H31N5O7. The lowest BCUT2D eigenvalue weighted by Gasteiger charge is -2.35. The van der Waals surface area contributed by atoms with Gasteiger partial charge in [0.2, 0.25) is 17.7 Å². The van der Waals surface area contributed by atoms with Gasteiger partial charge in [-0.1, -0.05) is 6.07 Å². The van der Waals surface area contributed by atoms with Gasteiger partial charge in [-0.15, -0.1) is 0 Å². The lowest BCUT2D eigenvalue weighted by Crippen LogP contribution is -2.54. The van der Waals surface area contributed by atoms with Crippen LogP contribution in [0.2, 0.25) is 0 Å². The molecule has 6 amide bonds. The first kappa shape index (κ1) is 27.4. The number of hydrogen-bond donors (Lipinski definition) is 2. The molecule has 0 bridgehead atoms. The van der Waals surface area contributed by atoms with E-state index in [9.17, 15) is 28.8 Å². The number of nitrogens with one attached hydrogen (secondary N) is 2. The zero-order valence-electron chi connectivity index (χ0n) is 23.6. The quantitative estimate of drug-likeness (QED) is 0.531. The Labute approximate surface area is 241 Å². The largest absolute Gasteiger partial charge is 0.441 e. The van der Waals surface area contributed by atoms with Crippen LogP contribution in [-0.4, -0.2) is 71.6 Å². The minimum Gasteiger partial charge on any atom is -0.441 e. The van der Waals surface area contributed by atoms with Gasteiger partial charge in [0.05, 0.1) is 22.5 Å². The molecule has 4 heterocycles. The van der Waals surface area contributed by atoms with Crippen molar-refractivity contribution in [3.8, 4) is 0 Å². The van der Waals surface area contributed by atoms with Gasteiger partial charge in [0, 0.05) is 44.7 Å². The molecule has 12 heteroatoms. The molecule has 0 aliphatic carbocycles. The number of cyclic esters (lactones) is 1. The van der Waals surface area contributed by atoms with E-state index >= 15 is 0 Å². The van der Waals surface area contributed by atoms with E-state index < -0.39 is 41.9 Å². The third-order valence-electron chi connectivity index (χ3n) is 8.67. The van der Waals surface area contributed by atoms with E-state index in [1.807, 2.05) is 24.0 Å². The zero-order chi connectivity index (χ0) is 29.9. The highest BCUT2D eigenvalue weighted by Gasteiger charge is 2.46. The first-order valence-electron chi connectivity index (χ1n) is 14.0. The molecular weight excluding hydrogens is 542 g/mol. The van der Waals surface area contributed by atoms with E-state index in [2.05, 4.69) is 10.6 Å². The molecule has 6 rings (SSSR count). The Balaban J connectivity index is 1.39. The molecule has 4 aliphatic heterocycles. The number of nitrogens with zero attached hydrogens (tertiary/aromatic N) is 3. The SMILES string of the molecule is CC(=O)N1CCC(c2cc3c(cc2Nc2cccc4c2C(=O)N([C@H]2CCC(=O)NC2=O)C4=O)N(C)C(=O)OC3C)CC1.